The lowest BCUT2D eigenvalue weighted by atomic mass is 10.5. The molecule has 0 radical (unpaired) electrons. The van der Waals surface area contributed by atoms with Crippen LogP contribution in [0.5, 0.6) is 0 Å². The number of carbonyl (C=O) groups excluding carboxylic acids is 1. The fraction of sp³-hybridized carbons (Fsp3) is 0.167. The third-order valence-corrected chi connectivity index (χ3v) is 1.38. The van der Waals surface area contributed by atoms with Crippen LogP contribution in [-0.4, -0.2) is 23.0 Å². The Morgan fingerprint density at radius 3 is 2.91 bits per heavy atom. The quantitative estimate of drug-likeness (QED) is 0.659. The summed E-state index contributed by atoms with van der Waals surface area (Å²) in [6, 6.07) is 0. The largest absolute Gasteiger partial charge is 0.464 e. The van der Waals surface area contributed by atoms with E-state index < -0.39 is 5.97 Å². The lowest BCUT2D eigenvalue weighted by Gasteiger charge is -1.96. The first-order valence-corrected chi connectivity index (χ1v) is 3.59. The second-order valence-electron chi connectivity index (χ2n) is 1.72. The maximum Gasteiger partial charge on any atom is 0.358 e. The number of rotatable bonds is 1. The first kappa shape index (κ1) is 8.13. The van der Waals surface area contributed by atoms with E-state index >= 15 is 0 Å². The Hall–Kier alpha value is -0.970. The lowest BCUT2D eigenvalue weighted by Crippen LogP contribution is -2.04. The van der Waals surface area contributed by atoms with Crippen LogP contribution in [0.4, 0.5) is 0 Å². The van der Waals surface area contributed by atoms with E-state index in [2.05, 4.69) is 30.6 Å². The minimum absolute atomic E-state index is 0.196. The van der Waals surface area contributed by atoms with Crippen LogP contribution in [-0.2, 0) is 4.74 Å². The third kappa shape index (κ3) is 1.98. The number of nitrogens with zero attached hydrogens (tertiary/aromatic N) is 2. The van der Waals surface area contributed by atoms with Crippen molar-refractivity contribution in [2.24, 2.45) is 0 Å². The van der Waals surface area contributed by atoms with E-state index in [0.29, 0.717) is 4.60 Å². The fourth-order valence-electron chi connectivity index (χ4n) is 0.545. The second-order valence-corrected chi connectivity index (χ2v) is 2.53. The Morgan fingerprint density at radius 1 is 1.64 bits per heavy atom. The molecule has 0 bridgehead atoms. The molecule has 0 spiro atoms. The number of hydrogen-bond donors (Lipinski definition) is 0. The Balaban J connectivity index is 2.96. The van der Waals surface area contributed by atoms with Crippen LogP contribution >= 0.6 is 15.9 Å². The number of hydrogen-bond acceptors (Lipinski definition) is 4. The summed E-state index contributed by atoms with van der Waals surface area (Å²) in [6.45, 7) is 0. The van der Waals surface area contributed by atoms with Gasteiger partial charge in [0.15, 0.2) is 5.69 Å². The number of ether oxygens (including phenoxy) is 1. The van der Waals surface area contributed by atoms with Crippen molar-refractivity contribution < 1.29 is 9.53 Å². The molecule has 11 heavy (non-hydrogen) atoms. The summed E-state index contributed by atoms with van der Waals surface area (Å²) in [7, 11) is 1.30. The van der Waals surface area contributed by atoms with Gasteiger partial charge in [-0.3, -0.25) is 4.98 Å². The van der Waals surface area contributed by atoms with Crippen LogP contribution in [0.15, 0.2) is 17.0 Å². The maximum atomic E-state index is 10.8. The lowest BCUT2D eigenvalue weighted by molar-refractivity contribution is 0.0593. The van der Waals surface area contributed by atoms with Crippen molar-refractivity contribution >= 4 is 21.9 Å². The fourth-order valence-corrected chi connectivity index (χ4v) is 0.854. The molecule has 1 aromatic heterocycles. The van der Waals surface area contributed by atoms with Crippen LogP contribution in [0.3, 0.4) is 0 Å². The summed E-state index contributed by atoms with van der Waals surface area (Å²) in [5, 5.41) is 0. The topological polar surface area (TPSA) is 52.1 Å². The van der Waals surface area contributed by atoms with Gasteiger partial charge >= 0.3 is 5.97 Å². The number of halogens is 1. The zero-order valence-electron chi connectivity index (χ0n) is 5.74. The molecule has 1 heterocycles. The van der Waals surface area contributed by atoms with E-state index in [1.54, 1.807) is 0 Å². The molecule has 0 atom stereocenters. The highest BCUT2D eigenvalue weighted by molar-refractivity contribution is 9.10. The molecule has 1 rings (SSSR count). The molecule has 0 saturated carbocycles. The molecule has 0 saturated heterocycles. The van der Waals surface area contributed by atoms with Crippen LogP contribution < -0.4 is 0 Å². The van der Waals surface area contributed by atoms with Crippen molar-refractivity contribution in [1.82, 2.24) is 9.97 Å². The molecule has 0 aliphatic rings. The Kier molecular flexibility index (Phi) is 2.53. The average molecular weight is 217 g/mol. The van der Waals surface area contributed by atoms with Gasteiger partial charge in [0.2, 0.25) is 0 Å². The molecule has 0 unspecified atom stereocenters. The van der Waals surface area contributed by atoms with Gasteiger partial charge in [-0.25, -0.2) is 9.78 Å². The Bertz CT molecular complexity index is 277. The van der Waals surface area contributed by atoms with Crippen LogP contribution in [0.2, 0.25) is 0 Å². The summed E-state index contributed by atoms with van der Waals surface area (Å²) < 4.78 is 4.94. The van der Waals surface area contributed by atoms with Crippen molar-refractivity contribution in [3.8, 4) is 0 Å². The third-order valence-electron chi connectivity index (χ3n) is 1.000. The number of carbonyl (C=O) groups is 1. The number of esters is 1. The second kappa shape index (κ2) is 3.43. The summed E-state index contributed by atoms with van der Waals surface area (Å²) in [5.41, 5.74) is 0.196. The summed E-state index contributed by atoms with van der Waals surface area (Å²) in [6.07, 6.45) is 2.84. The number of methoxy groups -OCH3 is 1. The molecule has 0 fully saturated rings. The van der Waals surface area contributed by atoms with E-state index in [-0.39, 0.29) is 5.69 Å². The van der Waals surface area contributed by atoms with Gasteiger partial charge in [-0.1, -0.05) is 0 Å². The zero-order chi connectivity index (χ0) is 8.27. The van der Waals surface area contributed by atoms with E-state index in [9.17, 15) is 4.79 Å². The van der Waals surface area contributed by atoms with Gasteiger partial charge in [-0.05, 0) is 15.9 Å². The highest BCUT2D eigenvalue weighted by atomic mass is 79.9. The summed E-state index contributed by atoms with van der Waals surface area (Å²) in [5.74, 6) is -0.487. The maximum absolute atomic E-state index is 10.8. The first-order chi connectivity index (χ1) is 5.24. The standard InChI is InChI=1S/C6H5BrN2O2/c1-11-6(10)4-2-8-3-5(7)9-4/h2-3H,1H3. The van der Waals surface area contributed by atoms with E-state index in [0.717, 1.165) is 0 Å². The predicted octanol–water partition coefficient (Wildman–Crippen LogP) is 1.03. The van der Waals surface area contributed by atoms with Gasteiger partial charge in [0, 0.05) is 0 Å². The minimum Gasteiger partial charge on any atom is -0.464 e. The van der Waals surface area contributed by atoms with Crippen LogP contribution in [0.25, 0.3) is 0 Å². The van der Waals surface area contributed by atoms with E-state index in [1.165, 1.54) is 19.5 Å². The zero-order valence-corrected chi connectivity index (χ0v) is 7.33. The predicted molar refractivity (Wildman–Crippen MR) is 41.1 cm³/mol. The summed E-state index contributed by atoms with van der Waals surface area (Å²) >= 11 is 3.08. The number of aromatic nitrogens is 2. The molecule has 0 amide bonds. The average Bonchev–Trinajstić information content (AvgIpc) is 2.03. The molecule has 0 N–H and O–H groups in total. The summed E-state index contributed by atoms with van der Waals surface area (Å²) in [4.78, 5) is 18.4. The minimum atomic E-state index is -0.487. The molecule has 0 aliphatic carbocycles. The molecule has 4 nitrogen and oxygen atoms in total. The van der Waals surface area contributed by atoms with Gasteiger partial charge in [-0.15, -0.1) is 0 Å². The smallest absolute Gasteiger partial charge is 0.358 e. The molecular weight excluding hydrogens is 212 g/mol. The Morgan fingerprint density at radius 2 is 2.36 bits per heavy atom. The van der Waals surface area contributed by atoms with Crippen molar-refractivity contribution in [3.63, 3.8) is 0 Å². The van der Waals surface area contributed by atoms with Crippen molar-refractivity contribution in [1.29, 1.82) is 0 Å². The van der Waals surface area contributed by atoms with Gasteiger partial charge < -0.3 is 4.74 Å². The van der Waals surface area contributed by atoms with Crippen molar-refractivity contribution in [2.45, 2.75) is 0 Å². The van der Waals surface area contributed by atoms with Gasteiger partial charge in [0.05, 0.1) is 19.5 Å². The van der Waals surface area contributed by atoms with Gasteiger partial charge in [0.25, 0.3) is 0 Å². The molecule has 58 valence electrons. The van der Waals surface area contributed by atoms with E-state index in [4.69, 9.17) is 0 Å². The molecule has 0 aliphatic heterocycles. The SMILES string of the molecule is COC(=O)c1cncc(Br)n1. The van der Waals surface area contributed by atoms with Crippen LogP contribution in [0.1, 0.15) is 10.5 Å². The van der Waals surface area contributed by atoms with Gasteiger partial charge in [-0.2, -0.15) is 0 Å². The van der Waals surface area contributed by atoms with E-state index in [1.807, 2.05) is 0 Å². The monoisotopic (exact) mass is 216 g/mol. The van der Waals surface area contributed by atoms with Gasteiger partial charge in [0.1, 0.15) is 4.60 Å². The van der Waals surface area contributed by atoms with Crippen LogP contribution in [0, 0.1) is 0 Å². The Labute approximate surface area is 71.7 Å². The first-order valence-electron chi connectivity index (χ1n) is 2.80. The van der Waals surface area contributed by atoms with Crippen molar-refractivity contribution in [2.75, 3.05) is 7.11 Å². The van der Waals surface area contributed by atoms with Crippen molar-refractivity contribution in [3.05, 3.63) is 22.7 Å². The molecule has 1 aromatic rings. The normalized spacial score (nSPS) is 9.27. The molecule has 0 aromatic carbocycles. The highest BCUT2D eigenvalue weighted by Gasteiger charge is 2.06. The molecule has 5 heteroatoms. The highest BCUT2D eigenvalue weighted by Crippen LogP contribution is 2.04. The molecular formula is C6H5BrN2O2.